The lowest BCUT2D eigenvalue weighted by molar-refractivity contribution is -0.150. The van der Waals surface area contributed by atoms with Gasteiger partial charge in [0.2, 0.25) is 33.3 Å². The van der Waals surface area contributed by atoms with Crippen LogP contribution in [0.1, 0.15) is 108 Å². The predicted octanol–water partition coefficient (Wildman–Crippen LogP) is 9.68. The van der Waals surface area contributed by atoms with Crippen LogP contribution in [-0.4, -0.2) is 133 Å². The zero-order valence-electron chi connectivity index (χ0n) is 45.1. The summed E-state index contributed by atoms with van der Waals surface area (Å²) in [4.78, 5) is 85.0. The highest BCUT2D eigenvalue weighted by atomic mass is 35.6. The van der Waals surface area contributed by atoms with Crippen molar-refractivity contribution in [2.45, 2.75) is 167 Å². The Morgan fingerprint density at radius 2 is 1.49 bits per heavy atom. The van der Waals surface area contributed by atoms with E-state index < -0.39 is 84.9 Å². The Hall–Kier alpha value is -2.83. The Kier molecular flexibility index (Phi) is 28.4. The van der Waals surface area contributed by atoms with E-state index in [0.29, 0.717) is 34.9 Å². The average Bonchev–Trinajstić information content (AvgIpc) is 3.28. The van der Waals surface area contributed by atoms with Crippen LogP contribution in [-0.2, 0) is 49.1 Å². The van der Waals surface area contributed by atoms with Crippen molar-refractivity contribution in [2.75, 3.05) is 39.4 Å². The van der Waals surface area contributed by atoms with Crippen molar-refractivity contribution in [3.8, 4) is 0 Å². The first-order chi connectivity index (χ1) is 32.7. The van der Waals surface area contributed by atoms with Crippen molar-refractivity contribution in [3.05, 3.63) is 58.1 Å². The van der Waals surface area contributed by atoms with Gasteiger partial charge >= 0.3 is 5.97 Å². The van der Waals surface area contributed by atoms with E-state index in [-0.39, 0.29) is 47.8 Å². The summed E-state index contributed by atoms with van der Waals surface area (Å²) in [5.41, 5.74) is 2.19. The van der Waals surface area contributed by atoms with Crippen LogP contribution in [0.15, 0.2) is 47.6 Å². The van der Waals surface area contributed by atoms with E-state index >= 15 is 0 Å². The molecular weight excluding hydrogens is 1030 g/mol. The molecule has 5 amide bonds. The van der Waals surface area contributed by atoms with E-state index in [9.17, 15) is 28.8 Å². The minimum Gasteiger partial charge on any atom is -0.460 e. The fourth-order valence-electron chi connectivity index (χ4n) is 7.17. The number of carbonyl (C=O) groups is 6. The first-order valence-corrected chi connectivity index (χ1v) is 30.0. The van der Waals surface area contributed by atoms with E-state index in [1.807, 2.05) is 40.0 Å². The van der Waals surface area contributed by atoms with Crippen molar-refractivity contribution < 1.29 is 42.7 Å². The Labute approximate surface area is 450 Å². The van der Waals surface area contributed by atoms with Crippen LogP contribution < -0.4 is 16.0 Å². The molecule has 14 nitrogen and oxygen atoms in total. The van der Waals surface area contributed by atoms with Crippen LogP contribution in [0.5, 0.6) is 0 Å². The lowest BCUT2D eigenvalue weighted by Gasteiger charge is -2.42. The van der Waals surface area contributed by atoms with Gasteiger partial charge in [-0.3, -0.25) is 24.0 Å². The minimum absolute atomic E-state index is 0.00253. The number of nitrogens with zero attached hydrogens (tertiary/aromatic N) is 2. The van der Waals surface area contributed by atoms with Crippen LogP contribution in [0.4, 0.5) is 0 Å². The molecule has 1 aromatic carbocycles. The maximum Gasteiger partial charge on any atom is 0.329 e. The Balaban J connectivity index is 3.37. The normalized spacial score (nSPS) is 16.1. The minimum atomic E-state index is -2.17. The number of esters is 1. The van der Waals surface area contributed by atoms with E-state index in [2.05, 4.69) is 69.7 Å². The number of nitrogens with one attached hydrogen (secondary N) is 3. The number of thioether (sulfide) groups is 1. The maximum absolute atomic E-state index is 14.3. The summed E-state index contributed by atoms with van der Waals surface area (Å²) in [7, 11) is 0.672. The third-order valence-corrected chi connectivity index (χ3v) is 18.4. The van der Waals surface area contributed by atoms with E-state index in [4.69, 9.17) is 60.3 Å². The molecule has 0 aliphatic rings. The van der Waals surface area contributed by atoms with Gasteiger partial charge in [0.1, 0.15) is 30.8 Å². The molecule has 0 spiro atoms. The third-order valence-electron chi connectivity index (χ3n) is 13.0. The highest BCUT2D eigenvalue weighted by Gasteiger charge is 2.42. The fourth-order valence-corrected chi connectivity index (χ4v) is 9.16. The van der Waals surface area contributed by atoms with Gasteiger partial charge in [-0.25, -0.2) is 4.79 Å². The Morgan fingerprint density at radius 1 is 0.901 bits per heavy atom. The first-order valence-electron chi connectivity index (χ1n) is 24.2. The number of benzene rings is 1. The molecule has 0 heterocycles. The molecule has 1 rings (SSSR count). The van der Waals surface area contributed by atoms with Crippen LogP contribution in [0.2, 0.25) is 23.2 Å². The second kappa shape index (κ2) is 30.5. The molecule has 0 bridgehead atoms. The molecule has 0 fully saturated rings. The molecule has 0 aromatic heterocycles. The maximum atomic E-state index is 14.3. The number of hydrogen-bond donors (Lipinski definition) is 3. The van der Waals surface area contributed by atoms with Crippen LogP contribution in [0, 0.1) is 17.8 Å². The van der Waals surface area contributed by atoms with E-state index in [1.165, 1.54) is 25.9 Å². The van der Waals surface area contributed by atoms with Crippen molar-refractivity contribution in [1.29, 1.82) is 0 Å². The summed E-state index contributed by atoms with van der Waals surface area (Å²) in [6, 6.07) is 2.36. The monoisotopic (exact) mass is 1110 g/mol. The van der Waals surface area contributed by atoms with Crippen LogP contribution in [0.3, 0.4) is 0 Å². The number of allylic oxidation sites excluding steroid dienone is 1. The van der Waals surface area contributed by atoms with Gasteiger partial charge in [-0.15, -0.1) is 11.8 Å². The quantitative estimate of drug-likeness (QED) is 0.0183. The molecule has 0 unspecified atom stereocenters. The number of rotatable bonds is 28. The summed E-state index contributed by atoms with van der Waals surface area (Å²) in [5, 5.41) is 8.78. The lowest BCUT2D eigenvalue weighted by Crippen LogP contribution is -2.57. The standard InChI is InChI=1S/C51H83Cl4N5O9SSi/c1-18-32(5)43(49(66)67-29-51(53,54)55)58-42(61)28-59(13)48(65)40(27-37-21-23-38(52)24-22-37)60(14)47(64)36(9)56-46(63)39(26-31(3)4)57-45(62)34(7)20-25-41(68-30-70-15)35(8)44(33(6)19-2)69-71(16,17)50(10,11)12/h19-24,31-32,35-36,39-41,43-44H,18,25-30H2,1-17H3,(H,56,63)(H,57,62)(H,58,61)/b33-19+,34-20+/t32-,35+,36+,39-,40-,41+,43+,44-/m1/s1. The second-order valence-corrected chi connectivity index (χ2v) is 29.0. The number of carbonyl (C=O) groups excluding carboxylic acids is 6. The predicted molar refractivity (Wildman–Crippen MR) is 293 cm³/mol. The molecule has 0 radical (unpaired) electrons. The van der Waals surface area contributed by atoms with Gasteiger partial charge in [0.15, 0.2) is 8.32 Å². The molecule has 0 aliphatic heterocycles. The van der Waals surface area contributed by atoms with Gasteiger partial charge in [0.25, 0.3) is 0 Å². The SMILES string of the molecule is C/C=C(\C)[C@@H](O[Si](C)(C)C(C)(C)C)[C@@H](C)[C@H](C/C=C(\C)C(=O)N[C@H](CC(C)C)C(=O)N[C@@H](C)C(=O)N(C)[C@H](Cc1ccc(Cl)cc1)C(=O)N(C)CC(=O)N[C@H](C(=O)OCC(Cl)(Cl)Cl)[C@H](C)CC)OCSC. The zero-order valence-corrected chi connectivity index (χ0v) is 49.9. The third kappa shape index (κ3) is 22.7. The molecule has 0 aliphatic carbocycles. The van der Waals surface area contributed by atoms with Crippen LogP contribution in [0.25, 0.3) is 0 Å². The molecule has 404 valence electrons. The fraction of sp³-hybridized carbons (Fsp3) is 0.686. The smallest absolute Gasteiger partial charge is 0.329 e. The number of ether oxygens (including phenoxy) is 2. The van der Waals surface area contributed by atoms with Gasteiger partial charge in [0.05, 0.1) is 24.7 Å². The second-order valence-electron chi connectivity index (χ2n) is 20.5. The number of halogens is 4. The topological polar surface area (TPSA) is 173 Å². The van der Waals surface area contributed by atoms with Gasteiger partial charge in [-0.2, -0.15) is 0 Å². The van der Waals surface area contributed by atoms with Gasteiger partial charge in [0, 0.05) is 37.0 Å². The molecule has 71 heavy (non-hydrogen) atoms. The van der Waals surface area contributed by atoms with Gasteiger partial charge < -0.3 is 39.6 Å². The largest absolute Gasteiger partial charge is 0.460 e. The molecule has 0 saturated carbocycles. The number of alkyl halides is 3. The summed E-state index contributed by atoms with van der Waals surface area (Å²) >= 11 is 25.0. The number of hydrogen-bond acceptors (Lipinski definition) is 10. The summed E-state index contributed by atoms with van der Waals surface area (Å²) in [6.45, 7) is 26.9. The molecule has 20 heteroatoms. The summed E-state index contributed by atoms with van der Waals surface area (Å²) in [6.07, 6.45) is 6.65. The summed E-state index contributed by atoms with van der Waals surface area (Å²) < 4.78 is 16.7. The van der Waals surface area contributed by atoms with E-state index in [0.717, 1.165) is 10.5 Å². The molecule has 3 N–H and O–H groups in total. The highest BCUT2D eigenvalue weighted by molar-refractivity contribution is 7.98. The van der Waals surface area contributed by atoms with Crippen molar-refractivity contribution in [2.24, 2.45) is 17.8 Å². The van der Waals surface area contributed by atoms with E-state index in [1.54, 1.807) is 49.9 Å². The molecule has 8 atom stereocenters. The molecular formula is C51H83Cl4N5O9SSi. The highest BCUT2D eigenvalue weighted by Crippen LogP contribution is 2.40. The zero-order chi connectivity index (χ0) is 54.8. The van der Waals surface area contributed by atoms with Crippen LogP contribution >= 0.6 is 58.2 Å². The van der Waals surface area contributed by atoms with Crippen molar-refractivity contribution in [1.82, 2.24) is 25.8 Å². The lowest BCUT2D eigenvalue weighted by atomic mass is 9.90. The summed E-state index contributed by atoms with van der Waals surface area (Å²) in [5.74, 6) is -3.65. The van der Waals surface area contributed by atoms with Crippen molar-refractivity contribution >= 4 is 102 Å². The van der Waals surface area contributed by atoms with Crippen molar-refractivity contribution in [3.63, 3.8) is 0 Å². The Morgan fingerprint density at radius 3 is 2.00 bits per heavy atom. The Bertz CT molecular complexity index is 1980. The van der Waals surface area contributed by atoms with Gasteiger partial charge in [-0.05, 0) is 100 Å². The number of likely N-dealkylation sites (N-methyl/N-ethyl adjacent to an activating group) is 2. The average molecular weight is 1110 g/mol. The van der Waals surface area contributed by atoms with Gasteiger partial charge in [-0.1, -0.05) is 132 Å². The molecule has 1 aromatic rings. The molecule has 0 saturated heterocycles. The number of amides is 5. The first kappa shape index (κ1) is 66.2.